The van der Waals surface area contributed by atoms with Crippen molar-refractivity contribution in [2.24, 2.45) is 11.3 Å². The predicted molar refractivity (Wildman–Crippen MR) is 76.6 cm³/mol. The van der Waals surface area contributed by atoms with Crippen LogP contribution in [0.3, 0.4) is 0 Å². The van der Waals surface area contributed by atoms with E-state index in [1.807, 2.05) is 31.7 Å². The zero-order valence-corrected chi connectivity index (χ0v) is 13.0. The van der Waals surface area contributed by atoms with Gasteiger partial charge in [-0.25, -0.2) is 0 Å². The van der Waals surface area contributed by atoms with Crippen molar-refractivity contribution in [2.45, 2.75) is 40.0 Å². The van der Waals surface area contributed by atoms with Crippen molar-refractivity contribution < 1.29 is 9.59 Å². The Morgan fingerprint density at radius 3 is 2.30 bits per heavy atom. The number of hydrogen-bond acceptors (Lipinski definition) is 3. The Morgan fingerprint density at radius 1 is 1.30 bits per heavy atom. The van der Waals surface area contributed by atoms with E-state index in [9.17, 15) is 9.59 Å². The normalized spacial score (nSPS) is 16.6. The molecule has 0 atom stereocenters. The van der Waals surface area contributed by atoms with Crippen LogP contribution in [0.2, 0.25) is 0 Å². The fourth-order valence-corrected chi connectivity index (χ4v) is 2.44. The molecule has 0 radical (unpaired) electrons. The van der Waals surface area contributed by atoms with Crippen molar-refractivity contribution in [1.29, 1.82) is 5.26 Å². The molecule has 1 aliphatic heterocycles. The van der Waals surface area contributed by atoms with Crippen LogP contribution in [0.25, 0.3) is 0 Å². The number of carbonyl (C=O) groups excluding carboxylic acids is 2. The number of nitrogens with zero attached hydrogens (tertiary/aromatic N) is 3. The third kappa shape index (κ3) is 4.22. The fraction of sp³-hybridized carbons (Fsp3) is 0.800. The Morgan fingerprint density at radius 2 is 1.85 bits per heavy atom. The summed E-state index contributed by atoms with van der Waals surface area (Å²) in [5.41, 5.74) is -0.361. The van der Waals surface area contributed by atoms with Gasteiger partial charge in [-0.2, -0.15) is 5.26 Å². The lowest BCUT2D eigenvalue weighted by molar-refractivity contribution is -0.144. The van der Waals surface area contributed by atoms with Gasteiger partial charge in [0.15, 0.2) is 0 Å². The summed E-state index contributed by atoms with van der Waals surface area (Å²) in [5.74, 6) is 0.243. The van der Waals surface area contributed by atoms with Gasteiger partial charge in [-0.15, -0.1) is 0 Å². The lowest BCUT2D eigenvalue weighted by atomic mass is 9.90. The summed E-state index contributed by atoms with van der Waals surface area (Å²) >= 11 is 0. The van der Waals surface area contributed by atoms with Gasteiger partial charge in [-0.05, 0) is 12.8 Å². The van der Waals surface area contributed by atoms with Crippen molar-refractivity contribution >= 4 is 11.8 Å². The van der Waals surface area contributed by atoms with Crippen LogP contribution in [-0.2, 0) is 9.59 Å². The van der Waals surface area contributed by atoms with Gasteiger partial charge < -0.3 is 9.80 Å². The number of rotatable bonds is 3. The van der Waals surface area contributed by atoms with Crippen LogP contribution in [-0.4, -0.2) is 48.3 Å². The van der Waals surface area contributed by atoms with Crippen LogP contribution in [0.4, 0.5) is 0 Å². The van der Waals surface area contributed by atoms with Crippen LogP contribution >= 0.6 is 0 Å². The Hall–Kier alpha value is -1.57. The van der Waals surface area contributed by atoms with Crippen LogP contribution in [0, 0.1) is 22.7 Å². The van der Waals surface area contributed by atoms with Crippen molar-refractivity contribution in [3.8, 4) is 6.07 Å². The molecule has 0 N–H and O–H groups in total. The molecule has 112 valence electrons. The van der Waals surface area contributed by atoms with E-state index in [1.54, 1.807) is 11.9 Å². The van der Waals surface area contributed by atoms with Crippen molar-refractivity contribution in [1.82, 2.24) is 9.80 Å². The third-order valence-electron chi connectivity index (χ3n) is 3.71. The molecule has 0 aromatic carbocycles. The summed E-state index contributed by atoms with van der Waals surface area (Å²) in [5, 5.41) is 8.55. The standard InChI is InChI=1S/C15H25N3O2/c1-15(2,3)14(20)18-10-6-12(7-11-18)13(19)17(4)9-5-8-16/h12H,5-7,9-11H2,1-4H3. The first-order valence-corrected chi connectivity index (χ1v) is 7.18. The van der Waals surface area contributed by atoms with Gasteiger partial charge in [-0.3, -0.25) is 9.59 Å². The average molecular weight is 279 g/mol. The molecule has 0 aliphatic carbocycles. The van der Waals surface area contributed by atoms with Crippen LogP contribution in [0.5, 0.6) is 0 Å². The third-order valence-corrected chi connectivity index (χ3v) is 3.71. The monoisotopic (exact) mass is 279 g/mol. The van der Waals surface area contributed by atoms with Gasteiger partial charge in [0, 0.05) is 38.0 Å². The van der Waals surface area contributed by atoms with Gasteiger partial charge >= 0.3 is 0 Å². The minimum Gasteiger partial charge on any atom is -0.344 e. The van der Waals surface area contributed by atoms with E-state index < -0.39 is 0 Å². The molecular formula is C15H25N3O2. The first kappa shape index (κ1) is 16.5. The van der Waals surface area contributed by atoms with Crippen LogP contribution in [0.1, 0.15) is 40.0 Å². The zero-order valence-electron chi connectivity index (χ0n) is 13.0. The van der Waals surface area contributed by atoms with E-state index in [4.69, 9.17) is 5.26 Å². The van der Waals surface area contributed by atoms with E-state index >= 15 is 0 Å². The molecule has 1 aliphatic rings. The second-order valence-corrected chi connectivity index (χ2v) is 6.48. The summed E-state index contributed by atoms with van der Waals surface area (Å²) in [6, 6.07) is 2.05. The Labute approximate surface area is 121 Å². The molecular weight excluding hydrogens is 254 g/mol. The molecule has 0 saturated carbocycles. The molecule has 5 heteroatoms. The first-order chi connectivity index (χ1) is 9.27. The Balaban J connectivity index is 2.48. The molecule has 2 amide bonds. The number of hydrogen-bond donors (Lipinski definition) is 0. The maximum atomic E-state index is 12.2. The topological polar surface area (TPSA) is 64.4 Å². The van der Waals surface area contributed by atoms with Gasteiger partial charge in [0.25, 0.3) is 0 Å². The average Bonchev–Trinajstić information content (AvgIpc) is 2.42. The van der Waals surface area contributed by atoms with E-state index in [-0.39, 0.29) is 23.1 Å². The maximum Gasteiger partial charge on any atom is 0.227 e. The number of piperidine rings is 1. The largest absolute Gasteiger partial charge is 0.344 e. The highest BCUT2D eigenvalue weighted by molar-refractivity contribution is 5.82. The minimum atomic E-state index is -0.361. The number of likely N-dealkylation sites (tertiary alicyclic amines) is 1. The van der Waals surface area contributed by atoms with Crippen LogP contribution < -0.4 is 0 Å². The quantitative estimate of drug-likeness (QED) is 0.789. The lowest BCUT2D eigenvalue weighted by Crippen LogP contribution is -2.47. The highest BCUT2D eigenvalue weighted by Crippen LogP contribution is 2.24. The fourth-order valence-electron chi connectivity index (χ4n) is 2.44. The van der Waals surface area contributed by atoms with Crippen molar-refractivity contribution in [3.63, 3.8) is 0 Å². The zero-order chi connectivity index (χ0) is 15.3. The van der Waals surface area contributed by atoms with E-state index in [0.29, 0.717) is 26.1 Å². The minimum absolute atomic E-state index is 0.0114. The number of amides is 2. The highest BCUT2D eigenvalue weighted by atomic mass is 16.2. The lowest BCUT2D eigenvalue weighted by Gasteiger charge is -2.36. The number of carbonyl (C=O) groups is 2. The van der Waals surface area contributed by atoms with Gasteiger partial charge in [0.1, 0.15) is 0 Å². The summed E-state index contributed by atoms with van der Waals surface area (Å²) in [6.07, 6.45) is 1.80. The van der Waals surface area contributed by atoms with E-state index in [2.05, 4.69) is 0 Å². The summed E-state index contributed by atoms with van der Waals surface area (Å²) in [6.45, 7) is 7.54. The van der Waals surface area contributed by atoms with Crippen molar-refractivity contribution in [3.05, 3.63) is 0 Å². The number of nitriles is 1. The molecule has 5 nitrogen and oxygen atoms in total. The summed E-state index contributed by atoms with van der Waals surface area (Å²) in [4.78, 5) is 27.9. The van der Waals surface area contributed by atoms with Crippen molar-refractivity contribution in [2.75, 3.05) is 26.7 Å². The van der Waals surface area contributed by atoms with E-state index in [0.717, 1.165) is 12.8 Å². The molecule has 0 aromatic heterocycles. The molecule has 1 saturated heterocycles. The summed E-state index contributed by atoms with van der Waals surface area (Å²) < 4.78 is 0. The van der Waals surface area contributed by atoms with Gasteiger partial charge in [0.05, 0.1) is 12.5 Å². The Kier molecular flexibility index (Phi) is 5.55. The molecule has 1 fully saturated rings. The summed E-state index contributed by atoms with van der Waals surface area (Å²) in [7, 11) is 1.74. The van der Waals surface area contributed by atoms with Gasteiger partial charge in [-0.1, -0.05) is 20.8 Å². The van der Waals surface area contributed by atoms with Crippen LogP contribution in [0.15, 0.2) is 0 Å². The van der Waals surface area contributed by atoms with E-state index in [1.165, 1.54) is 0 Å². The Bertz CT molecular complexity index is 398. The smallest absolute Gasteiger partial charge is 0.227 e. The second kappa shape index (κ2) is 6.74. The predicted octanol–water partition coefficient (Wildman–Crippen LogP) is 1.64. The molecule has 0 unspecified atom stereocenters. The SMILES string of the molecule is CN(CCC#N)C(=O)C1CCN(C(=O)C(C)(C)C)CC1. The molecule has 0 bridgehead atoms. The second-order valence-electron chi connectivity index (χ2n) is 6.48. The first-order valence-electron chi connectivity index (χ1n) is 7.18. The molecule has 20 heavy (non-hydrogen) atoms. The molecule has 0 spiro atoms. The molecule has 1 rings (SSSR count). The maximum absolute atomic E-state index is 12.2. The van der Waals surface area contributed by atoms with Gasteiger partial charge in [0.2, 0.25) is 11.8 Å². The molecule has 1 heterocycles. The highest BCUT2D eigenvalue weighted by Gasteiger charge is 2.33. The molecule has 0 aromatic rings.